The average molecular weight is 549 g/mol. The molecule has 2 aromatic carbocycles. The van der Waals surface area contributed by atoms with E-state index in [2.05, 4.69) is 33.9 Å². The van der Waals surface area contributed by atoms with E-state index in [-0.39, 0.29) is 22.3 Å². The largest absolute Gasteiger partial charge is 0.502 e. The molecule has 2 heterocycles. The van der Waals surface area contributed by atoms with E-state index >= 15 is 0 Å². The van der Waals surface area contributed by atoms with Gasteiger partial charge < -0.3 is 42.7 Å². The summed E-state index contributed by atoms with van der Waals surface area (Å²) >= 11 is 0. The van der Waals surface area contributed by atoms with Crippen LogP contribution in [0.2, 0.25) is 18.1 Å². The van der Waals surface area contributed by atoms with E-state index in [0.29, 0.717) is 42.6 Å². The second kappa shape index (κ2) is 10.5. The van der Waals surface area contributed by atoms with Gasteiger partial charge in [0, 0.05) is 11.1 Å². The summed E-state index contributed by atoms with van der Waals surface area (Å²) in [5.74, 6) is 1.00. The number of methoxy groups -OCH3 is 3. The van der Waals surface area contributed by atoms with Crippen LogP contribution in [0.4, 0.5) is 0 Å². The van der Waals surface area contributed by atoms with Gasteiger partial charge in [0.25, 0.3) is 0 Å². The number of rotatable bonds is 8. The van der Waals surface area contributed by atoms with Crippen LogP contribution in [0.3, 0.4) is 0 Å². The van der Waals surface area contributed by atoms with Gasteiger partial charge in [-0.05, 0) is 49.3 Å². The first-order valence-electron chi connectivity index (χ1n) is 12.8. The fourth-order valence-electron chi connectivity index (χ4n) is 4.29. The van der Waals surface area contributed by atoms with Crippen molar-refractivity contribution >= 4 is 8.32 Å². The van der Waals surface area contributed by atoms with Crippen molar-refractivity contribution < 1.29 is 42.7 Å². The first kappa shape index (κ1) is 28.3. The first-order valence-corrected chi connectivity index (χ1v) is 15.7. The van der Waals surface area contributed by atoms with Gasteiger partial charge in [-0.3, -0.25) is 0 Å². The van der Waals surface area contributed by atoms with E-state index < -0.39 is 26.3 Å². The van der Waals surface area contributed by atoms with Gasteiger partial charge in [0.2, 0.25) is 11.5 Å². The third kappa shape index (κ3) is 5.27. The Labute approximate surface area is 226 Å². The summed E-state index contributed by atoms with van der Waals surface area (Å²) in [7, 11) is 2.46. The van der Waals surface area contributed by atoms with E-state index in [9.17, 15) is 5.11 Å². The molecule has 9 nitrogen and oxygen atoms in total. The van der Waals surface area contributed by atoms with Crippen molar-refractivity contribution in [2.24, 2.45) is 0 Å². The maximum Gasteiger partial charge on any atom is 0.204 e. The molecule has 1 fully saturated rings. The molecular weight excluding hydrogens is 508 g/mol. The number of hydrogen-bond acceptors (Lipinski definition) is 9. The number of hydrogen-bond donors (Lipinski definition) is 1. The van der Waals surface area contributed by atoms with Crippen molar-refractivity contribution in [1.29, 1.82) is 0 Å². The molecule has 2 aliphatic rings. The summed E-state index contributed by atoms with van der Waals surface area (Å²) in [5.41, 5.74) is 1.46. The van der Waals surface area contributed by atoms with E-state index in [1.807, 2.05) is 19.1 Å². The highest BCUT2D eigenvalue weighted by molar-refractivity contribution is 6.74. The van der Waals surface area contributed by atoms with Crippen molar-refractivity contribution in [1.82, 2.24) is 0 Å². The smallest absolute Gasteiger partial charge is 0.204 e. The molecule has 0 amide bonds. The molecule has 0 aliphatic carbocycles. The Balaban J connectivity index is 1.79. The van der Waals surface area contributed by atoms with Crippen LogP contribution in [0.5, 0.6) is 34.5 Å². The van der Waals surface area contributed by atoms with Crippen LogP contribution in [0.25, 0.3) is 0 Å². The molecule has 0 aromatic heterocycles. The van der Waals surface area contributed by atoms with Gasteiger partial charge in [0.05, 0.1) is 41.2 Å². The second-order valence-electron chi connectivity index (χ2n) is 11.2. The molecule has 2 atom stereocenters. The van der Waals surface area contributed by atoms with Crippen LogP contribution in [0.1, 0.15) is 44.9 Å². The van der Waals surface area contributed by atoms with E-state index in [1.54, 1.807) is 19.2 Å². The molecule has 1 N–H and O–H groups in total. The van der Waals surface area contributed by atoms with Gasteiger partial charge in [-0.15, -0.1) is 0 Å². The zero-order valence-corrected chi connectivity index (χ0v) is 24.8. The molecule has 210 valence electrons. The summed E-state index contributed by atoms with van der Waals surface area (Å²) < 4.78 is 48.1. The molecule has 4 rings (SSSR count). The lowest BCUT2D eigenvalue weighted by Gasteiger charge is -2.40. The summed E-state index contributed by atoms with van der Waals surface area (Å²) in [5, 5.41) is 10.5. The Kier molecular flexibility index (Phi) is 7.82. The minimum absolute atomic E-state index is 0.0181. The van der Waals surface area contributed by atoms with Gasteiger partial charge in [-0.1, -0.05) is 20.8 Å². The van der Waals surface area contributed by atoms with Crippen molar-refractivity contribution in [3.8, 4) is 34.5 Å². The third-order valence-corrected chi connectivity index (χ3v) is 12.2. The number of aromatic hydroxyl groups is 1. The van der Waals surface area contributed by atoms with Crippen LogP contribution >= 0.6 is 0 Å². The summed E-state index contributed by atoms with van der Waals surface area (Å²) in [6.07, 6.45) is -1.13. The highest BCUT2D eigenvalue weighted by Gasteiger charge is 2.43. The quantitative estimate of drug-likeness (QED) is 0.427. The molecule has 38 heavy (non-hydrogen) atoms. The lowest BCUT2D eigenvalue weighted by molar-refractivity contribution is -0.150. The van der Waals surface area contributed by atoms with Crippen LogP contribution < -0.4 is 23.7 Å². The number of phenols is 1. The second-order valence-corrected chi connectivity index (χ2v) is 16.0. The van der Waals surface area contributed by atoms with E-state index in [0.717, 1.165) is 5.56 Å². The Bertz CT molecular complexity index is 1130. The molecule has 0 radical (unpaired) electrons. The number of ether oxygens (including phenoxy) is 7. The van der Waals surface area contributed by atoms with Gasteiger partial charge in [-0.25, -0.2) is 0 Å². The number of phenolic OH excluding ortho intramolecular Hbond substituents is 1. The van der Waals surface area contributed by atoms with Crippen LogP contribution in [-0.2, 0) is 19.7 Å². The van der Waals surface area contributed by atoms with E-state index in [1.165, 1.54) is 14.2 Å². The standard InChI is InChI=1S/C28H40O9Si/c1-27(2,3)38(8,9)35-16-23-25(17-12-19(30-5)24(29)20(13-17)31-6)36-22-15-18(28(4)33-10-11-34-28)14-21(32-7)26(22)37-23/h12-15,23,25,29H,10-11,16H2,1-9H3/t23-,25-/m0/s1. The Hall–Kier alpha value is -2.66. The summed E-state index contributed by atoms with van der Waals surface area (Å²) in [6.45, 7) is 14.1. The monoisotopic (exact) mass is 548 g/mol. The fraction of sp³-hybridized carbons (Fsp3) is 0.571. The first-order chi connectivity index (χ1) is 17.8. The molecule has 0 spiro atoms. The van der Waals surface area contributed by atoms with Crippen LogP contribution in [0.15, 0.2) is 24.3 Å². The zero-order chi connectivity index (χ0) is 27.9. The van der Waals surface area contributed by atoms with Crippen LogP contribution in [-0.4, -0.2) is 60.7 Å². The number of benzene rings is 2. The minimum Gasteiger partial charge on any atom is -0.502 e. The van der Waals surface area contributed by atoms with Gasteiger partial charge in [-0.2, -0.15) is 0 Å². The van der Waals surface area contributed by atoms with Gasteiger partial charge >= 0.3 is 0 Å². The average Bonchev–Trinajstić information content (AvgIpc) is 3.33. The lowest BCUT2D eigenvalue weighted by atomic mass is 10.0. The van der Waals surface area contributed by atoms with Crippen molar-refractivity contribution in [3.63, 3.8) is 0 Å². The molecule has 10 heteroatoms. The normalized spacial score (nSPS) is 20.8. The van der Waals surface area contributed by atoms with Gasteiger partial charge in [0.1, 0.15) is 0 Å². The summed E-state index contributed by atoms with van der Waals surface area (Å²) in [6, 6.07) is 7.16. The minimum atomic E-state index is -2.10. The highest BCUT2D eigenvalue weighted by Crippen LogP contribution is 2.50. The molecule has 0 unspecified atom stereocenters. The molecule has 1 saturated heterocycles. The Morgan fingerprint density at radius 2 is 1.50 bits per heavy atom. The Morgan fingerprint density at radius 3 is 2.03 bits per heavy atom. The van der Waals surface area contributed by atoms with Crippen molar-refractivity contribution in [2.45, 2.75) is 63.8 Å². The zero-order valence-electron chi connectivity index (χ0n) is 23.8. The van der Waals surface area contributed by atoms with Gasteiger partial charge in [0.15, 0.2) is 49.3 Å². The van der Waals surface area contributed by atoms with Crippen molar-refractivity contribution in [2.75, 3.05) is 41.2 Å². The molecule has 2 aromatic rings. The molecule has 2 aliphatic heterocycles. The predicted octanol–water partition coefficient (Wildman–Crippen LogP) is 5.54. The molecule has 0 bridgehead atoms. The predicted molar refractivity (Wildman–Crippen MR) is 144 cm³/mol. The number of fused-ring (bicyclic) bond motifs is 1. The summed E-state index contributed by atoms with van der Waals surface area (Å²) in [4.78, 5) is 0. The fourth-order valence-corrected chi connectivity index (χ4v) is 5.30. The molecule has 0 saturated carbocycles. The SMILES string of the molecule is COc1cc([C@@H]2Oc3cc(C4(C)OCCO4)cc(OC)c3O[C@H]2CO[Si](C)(C)C(C)(C)C)cc(OC)c1O. The lowest BCUT2D eigenvalue weighted by Crippen LogP contribution is -2.46. The highest BCUT2D eigenvalue weighted by atomic mass is 28.4. The van der Waals surface area contributed by atoms with Crippen LogP contribution in [0, 0.1) is 0 Å². The maximum absolute atomic E-state index is 10.5. The molecular formula is C28H40O9Si. The third-order valence-electron chi connectivity index (χ3n) is 7.71. The topological polar surface area (TPSA) is 94.1 Å². The van der Waals surface area contributed by atoms with E-state index in [4.69, 9.17) is 37.6 Å². The maximum atomic E-state index is 10.5. The van der Waals surface area contributed by atoms with Crippen molar-refractivity contribution in [3.05, 3.63) is 35.4 Å². The Morgan fingerprint density at radius 1 is 0.921 bits per heavy atom.